The zero-order chi connectivity index (χ0) is 13.8. The maximum atomic E-state index is 11.0. The summed E-state index contributed by atoms with van der Waals surface area (Å²) in [6.07, 6.45) is 0.650. The highest BCUT2D eigenvalue weighted by atomic mass is 32.1. The summed E-state index contributed by atoms with van der Waals surface area (Å²) in [5.41, 5.74) is 1.01. The van der Waals surface area contributed by atoms with Crippen LogP contribution in [-0.2, 0) is 0 Å². The van der Waals surface area contributed by atoms with E-state index in [2.05, 4.69) is 4.98 Å². The summed E-state index contributed by atoms with van der Waals surface area (Å²) in [7, 11) is 0. The Bertz CT molecular complexity index is 624. The Labute approximate surface area is 112 Å². The number of aromatic nitrogens is 1. The maximum Gasteiger partial charge on any atom is 0.311 e. The van der Waals surface area contributed by atoms with E-state index >= 15 is 0 Å². The summed E-state index contributed by atoms with van der Waals surface area (Å²) in [6.45, 7) is 2.11. The topological polar surface area (TPSA) is 82.3 Å². The second-order valence-corrected chi connectivity index (χ2v) is 4.45. The van der Waals surface area contributed by atoms with E-state index in [1.807, 2.05) is 0 Å². The van der Waals surface area contributed by atoms with Crippen LogP contribution >= 0.6 is 11.3 Å². The van der Waals surface area contributed by atoms with E-state index in [4.69, 9.17) is 4.74 Å². The number of benzene rings is 1. The Hall–Kier alpha value is -2.28. The van der Waals surface area contributed by atoms with Gasteiger partial charge in [0, 0.05) is 17.0 Å². The molecule has 0 radical (unpaired) electrons. The summed E-state index contributed by atoms with van der Waals surface area (Å²) in [6, 6.07) is 4.62. The highest BCUT2D eigenvalue weighted by Crippen LogP contribution is 2.32. The van der Waals surface area contributed by atoms with Gasteiger partial charge in [0.1, 0.15) is 0 Å². The quantitative estimate of drug-likeness (QED) is 0.477. The van der Waals surface area contributed by atoms with Gasteiger partial charge in [0.25, 0.3) is 0 Å². The van der Waals surface area contributed by atoms with Crippen LogP contribution in [0.5, 0.6) is 5.75 Å². The summed E-state index contributed by atoms with van der Waals surface area (Å²) < 4.78 is 5.20. The van der Waals surface area contributed by atoms with Crippen molar-refractivity contribution in [1.82, 2.24) is 4.98 Å². The molecule has 0 bridgehead atoms. The molecular formula is C12H10N2O4S. The number of ether oxygens (including phenoxy) is 1. The average Bonchev–Trinajstić information content (AvgIpc) is 2.88. The van der Waals surface area contributed by atoms with E-state index in [1.165, 1.54) is 23.5 Å². The minimum Gasteiger partial charge on any atom is -0.487 e. The fraction of sp³-hybridized carbons (Fsp3) is 0.167. The van der Waals surface area contributed by atoms with E-state index in [9.17, 15) is 14.9 Å². The Kier molecular flexibility index (Phi) is 3.86. The highest BCUT2D eigenvalue weighted by molar-refractivity contribution is 7.11. The SMILES string of the molecule is CCOc1ccc(-c2csc(C=O)n2)cc1[N+](=O)[O-]. The number of aldehydes is 1. The summed E-state index contributed by atoms with van der Waals surface area (Å²) in [4.78, 5) is 25.1. The van der Waals surface area contributed by atoms with Gasteiger partial charge in [-0.15, -0.1) is 11.3 Å². The molecule has 0 unspecified atom stereocenters. The summed E-state index contributed by atoms with van der Waals surface area (Å²) in [5, 5.41) is 13.0. The third kappa shape index (κ3) is 2.76. The standard InChI is InChI=1S/C12H10N2O4S/c1-2-18-11-4-3-8(5-10(11)14(16)17)9-7-19-12(6-15)13-9/h3-7H,2H2,1H3. The fourth-order valence-electron chi connectivity index (χ4n) is 1.57. The Balaban J connectivity index is 2.45. The monoisotopic (exact) mass is 278 g/mol. The predicted octanol–water partition coefficient (Wildman–Crippen LogP) is 2.93. The molecule has 0 fully saturated rings. The molecule has 0 saturated carbocycles. The number of carbonyl (C=O) groups excluding carboxylic acids is 1. The van der Waals surface area contributed by atoms with Crippen molar-refractivity contribution in [1.29, 1.82) is 0 Å². The molecule has 0 aliphatic carbocycles. The zero-order valence-corrected chi connectivity index (χ0v) is 10.8. The molecule has 0 N–H and O–H groups in total. The molecule has 0 amide bonds. The van der Waals surface area contributed by atoms with Gasteiger partial charge in [-0.3, -0.25) is 14.9 Å². The zero-order valence-electron chi connectivity index (χ0n) is 10.0. The van der Waals surface area contributed by atoms with Crippen molar-refractivity contribution in [2.24, 2.45) is 0 Å². The third-order valence-corrected chi connectivity index (χ3v) is 3.14. The molecule has 6 nitrogen and oxygen atoms in total. The van der Waals surface area contributed by atoms with Gasteiger partial charge in [-0.25, -0.2) is 4.98 Å². The Morgan fingerprint density at radius 1 is 1.53 bits per heavy atom. The Morgan fingerprint density at radius 2 is 2.32 bits per heavy atom. The van der Waals surface area contributed by atoms with Gasteiger partial charge in [-0.1, -0.05) is 0 Å². The molecule has 1 aromatic heterocycles. The van der Waals surface area contributed by atoms with Gasteiger partial charge < -0.3 is 4.74 Å². The minimum atomic E-state index is -0.499. The molecular weight excluding hydrogens is 268 g/mol. The van der Waals surface area contributed by atoms with Crippen LogP contribution in [0.15, 0.2) is 23.6 Å². The number of rotatable bonds is 5. The molecule has 7 heteroatoms. The number of nitro benzene ring substituents is 1. The summed E-state index contributed by atoms with van der Waals surface area (Å²) >= 11 is 1.19. The minimum absolute atomic E-state index is 0.111. The number of hydrogen-bond donors (Lipinski definition) is 0. The van der Waals surface area contributed by atoms with Gasteiger partial charge in [0.15, 0.2) is 17.0 Å². The number of nitro groups is 1. The van der Waals surface area contributed by atoms with Crippen LogP contribution in [0.25, 0.3) is 11.3 Å². The first kappa shape index (κ1) is 13.2. The lowest BCUT2D eigenvalue weighted by atomic mass is 10.1. The van der Waals surface area contributed by atoms with Crippen molar-refractivity contribution in [2.45, 2.75) is 6.92 Å². The van der Waals surface area contributed by atoms with Crippen LogP contribution in [0, 0.1) is 10.1 Å². The number of thiazole rings is 1. The highest BCUT2D eigenvalue weighted by Gasteiger charge is 2.17. The van der Waals surface area contributed by atoms with Gasteiger partial charge in [-0.2, -0.15) is 0 Å². The molecule has 0 atom stereocenters. The lowest BCUT2D eigenvalue weighted by Gasteiger charge is -2.05. The van der Waals surface area contributed by atoms with Crippen molar-refractivity contribution >= 4 is 23.3 Å². The van der Waals surface area contributed by atoms with Gasteiger partial charge in [0.05, 0.1) is 17.2 Å². The largest absolute Gasteiger partial charge is 0.487 e. The van der Waals surface area contributed by atoms with Crippen molar-refractivity contribution in [3.05, 3.63) is 38.7 Å². The fourth-order valence-corrected chi connectivity index (χ4v) is 2.20. The number of carbonyl (C=O) groups is 1. The Morgan fingerprint density at radius 3 is 2.89 bits per heavy atom. The smallest absolute Gasteiger partial charge is 0.311 e. The molecule has 1 aromatic carbocycles. The lowest BCUT2D eigenvalue weighted by Crippen LogP contribution is -1.97. The lowest BCUT2D eigenvalue weighted by molar-refractivity contribution is -0.385. The molecule has 19 heavy (non-hydrogen) atoms. The second-order valence-electron chi connectivity index (χ2n) is 3.56. The van der Waals surface area contributed by atoms with Crippen LogP contribution in [0.3, 0.4) is 0 Å². The van der Waals surface area contributed by atoms with Gasteiger partial charge >= 0.3 is 5.69 Å². The van der Waals surface area contributed by atoms with Crippen LogP contribution in [0.2, 0.25) is 0 Å². The normalized spacial score (nSPS) is 10.2. The molecule has 98 valence electrons. The van der Waals surface area contributed by atoms with Crippen molar-refractivity contribution < 1.29 is 14.5 Å². The van der Waals surface area contributed by atoms with Crippen LogP contribution in [0.1, 0.15) is 16.7 Å². The third-order valence-electron chi connectivity index (χ3n) is 2.37. The number of nitrogens with zero attached hydrogens (tertiary/aromatic N) is 2. The van der Waals surface area contributed by atoms with Crippen molar-refractivity contribution in [3.63, 3.8) is 0 Å². The van der Waals surface area contributed by atoms with E-state index in [1.54, 1.807) is 18.4 Å². The van der Waals surface area contributed by atoms with E-state index in [-0.39, 0.29) is 11.4 Å². The first-order chi connectivity index (χ1) is 9.15. The summed E-state index contributed by atoms with van der Waals surface area (Å²) in [5.74, 6) is 0.224. The van der Waals surface area contributed by atoms with Crippen molar-refractivity contribution in [2.75, 3.05) is 6.61 Å². The first-order valence-corrected chi connectivity index (χ1v) is 6.36. The molecule has 0 aliphatic heterocycles. The van der Waals surface area contributed by atoms with E-state index < -0.39 is 4.92 Å². The first-order valence-electron chi connectivity index (χ1n) is 5.48. The molecule has 0 aliphatic rings. The van der Waals surface area contributed by atoms with E-state index in [0.29, 0.717) is 29.2 Å². The average molecular weight is 278 g/mol. The number of hydrogen-bond acceptors (Lipinski definition) is 6. The molecule has 1 heterocycles. The molecule has 2 aromatic rings. The van der Waals surface area contributed by atoms with Gasteiger partial charge in [-0.05, 0) is 19.1 Å². The van der Waals surface area contributed by atoms with Crippen molar-refractivity contribution in [3.8, 4) is 17.0 Å². The van der Waals surface area contributed by atoms with E-state index in [0.717, 1.165) is 0 Å². The predicted molar refractivity (Wildman–Crippen MR) is 70.8 cm³/mol. The maximum absolute atomic E-state index is 11.0. The molecule has 0 spiro atoms. The second kappa shape index (κ2) is 5.57. The van der Waals surface area contributed by atoms with Crippen LogP contribution in [0.4, 0.5) is 5.69 Å². The van der Waals surface area contributed by atoms with Crippen LogP contribution in [-0.4, -0.2) is 22.8 Å². The van der Waals surface area contributed by atoms with Crippen LogP contribution < -0.4 is 4.74 Å². The van der Waals surface area contributed by atoms with Gasteiger partial charge in [0.2, 0.25) is 0 Å². The molecule has 2 rings (SSSR count). The molecule has 0 saturated heterocycles.